The minimum absolute atomic E-state index is 0.0397. The Labute approximate surface area is 234 Å². The largest absolute Gasteiger partial charge is 0.496 e. The van der Waals surface area contributed by atoms with Crippen molar-refractivity contribution >= 4 is 28.5 Å². The highest BCUT2D eigenvalue weighted by atomic mass is 16.5. The summed E-state index contributed by atoms with van der Waals surface area (Å²) in [5.74, 6) is 0.992. The summed E-state index contributed by atoms with van der Waals surface area (Å²) in [6, 6.07) is 8.52. The molecular formula is C33H38O7. The van der Waals surface area contributed by atoms with Gasteiger partial charge in [0.2, 0.25) is 0 Å². The molecule has 0 unspecified atom stereocenters. The van der Waals surface area contributed by atoms with Gasteiger partial charge in [-0.3, -0.25) is 14.4 Å². The number of carbonyl (C=O) groups excluding carboxylic acids is 3. The molecule has 1 fully saturated rings. The molecule has 1 N–H and O–H groups in total. The Morgan fingerprint density at radius 2 is 1.77 bits per heavy atom. The molecule has 0 spiro atoms. The molecule has 2 aliphatic carbocycles. The number of ketones is 2. The number of ether oxygens (including phenoxy) is 2. The van der Waals surface area contributed by atoms with Crippen molar-refractivity contribution in [1.82, 2.24) is 0 Å². The van der Waals surface area contributed by atoms with Crippen molar-refractivity contribution in [3.8, 4) is 5.75 Å². The minimum atomic E-state index is -1.45. The first kappa shape index (κ1) is 28.1. The van der Waals surface area contributed by atoms with E-state index in [0.717, 1.165) is 24.6 Å². The Balaban J connectivity index is 1.40. The Morgan fingerprint density at radius 3 is 2.48 bits per heavy atom. The van der Waals surface area contributed by atoms with Crippen LogP contribution in [0.1, 0.15) is 96.5 Å². The molecule has 1 aromatic heterocycles. The zero-order valence-electron chi connectivity index (χ0n) is 24.1. The van der Waals surface area contributed by atoms with Crippen molar-refractivity contribution < 1.29 is 33.4 Å². The second kappa shape index (κ2) is 10.5. The molecule has 1 saturated carbocycles. The van der Waals surface area contributed by atoms with E-state index in [1.165, 1.54) is 7.11 Å². The summed E-state index contributed by atoms with van der Waals surface area (Å²) in [5, 5.41) is 12.1. The zero-order chi connectivity index (χ0) is 28.9. The van der Waals surface area contributed by atoms with Gasteiger partial charge in [-0.2, -0.15) is 0 Å². The Morgan fingerprint density at radius 1 is 1.10 bits per heavy atom. The van der Waals surface area contributed by atoms with Crippen LogP contribution in [0.5, 0.6) is 5.75 Å². The van der Waals surface area contributed by atoms with E-state index in [4.69, 9.17) is 13.9 Å². The fourth-order valence-corrected chi connectivity index (χ4v) is 6.57. The van der Waals surface area contributed by atoms with Crippen LogP contribution in [0.25, 0.3) is 11.0 Å². The maximum absolute atomic E-state index is 13.7. The first-order valence-electron chi connectivity index (χ1n) is 14.1. The van der Waals surface area contributed by atoms with Crippen molar-refractivity contribution in [3.63, 3.8) is 0 Å². The third kappa shape index (κ3) is 5.07. The second-order valence-electron chi connectivity index (χ2n) is 12.3. The van der Waals surface area contributed by atoms with E-state index in [1.807, 2.05) is 6.07 Å². The van der Waals surface area contributed by atoms with E-state index in [9.17, 15) is 19.5 Å². The molecule has 0 amide bonds. The Kier molecular flexibility index (Phi) is 7.38. The maximum atomic E-state index is 13.7. The number of rotatable bonds is 7. The number of carbonyl (C=O) groups is 3. The van der Waals surface area contributed by atoms with E-state index in [2.05, 4.69) is 20.8 Å². The number of aliphatic hydroxyl groups is 1. The zero-order valence-corrected chi connectivity index (χ0v) is 24.1. The number of aryl methyl sites for hydroxylation is 1. The van der Waals surface area contributed by atoms with Crippen molar-refractivity contribution in [3.05, 3.63) is 63.9 Å². The Hall–Kier alpha value is -3.45. The highest BCUT2D eigenvalue weighted by Gasteiger charge is 2.38. The van der Waals surface area contributed by atoms with Crippen LogP contribution >= 0.6 is 0 Å². The van der Waals surface area contributed by atoms with Gasteiger partial charge in [0.05, 0.1) is 30.3 Å². The highest BCUT2D eigenvalue weighted by molar-refractivity contribution is 6.32. The standard InChI is InChI=1S/C33H38O7/c1-17(2)22-10-7-18(3)13-25(22)40-26(34)16-33(5,37)15-21-9-12-23-27(31(21)38-6)29(35)24-11-8-20-14-19(4)39-32(20)28(24)30(23)36/h8-9,11-12,14,17-18,22,25,37H,7,10,13,15-16H2,1-6H3/t18-,22+,25-,33+/m0/s1. The SMILES string of the molecule is COc1c(C[C@@](C)(O)CC(=O)O[C@H]2C[C@@H](C)CC[C@@H]2C(C)C)ccc2c1C(=O)c1ccc3cc(C)oc3c1C2=O. The van der Waals surface area contributed by atoms with E-state index in [0.29, 0.717) is 34.7 Å². The number of fused-ring (bicyclic) bond motifs is 4. The molecule has 5 rings (SSSR count). The van der Waals surface area contributed by atoms with E-state index in [1.54, 1.807) is 38.1 Å². The summed E-state index contributed by atoms with van der Waals surface area (Å²) in [6.07, 6.45) is 2.67. The van der Waals surface area contributed by atoms with Crippen molar-refractivity contribution in [2.45, 2.75) is 78.4 Å². The lowest BCUT2D eigenvalue weighted by atomic mass is 9.75. The fourth-order valence-electron chi connectivity index (χ4n) is 6.57. The fraction of sp³-hybridized carbons (Fsp3) is 0.485. The van der Waals surface area contributed by atoms with Crippen LogP contribution in [0.3, 0.4) is 0 Å². The van der Waals surface area contributed by atoms with Gasteiger partial charge in [-0.15, -0.1) is 0 Å². The number of esters is 1. The van der Waals surface area contributed by atoms with Gasteiger partial charge in [0.15, 0.2) is 11.6 Å². The minimum Gasteiger partial charge on any atom is -0.496 e. The molecule has 212 valence electrons. The predicted octanol–water partition coefficient (Wildman–Crippen LogP) is 6.21. The van der Waals surface area contributed by atoms with Gasteiger partial charge in [-0.25, -0.2) is 0 Å². The number of furan rings is 1. The van der Waals surface area contributed by atoms with Gasteiger partial charge in [0.1, 0.15) is 23.2 Å². The lowest BCUT2D eigenvalue weighted by molar-refractivity contribution is -0.160. The molecule has 0 bridgehead atoms. The first-order valence-corrected chi connectivity index (χ1v) is 14.1. The van der Waals surface area contributed by atoms with E-state index in [-0.39, 0.29) is 58.5 Å². The predicted molar refractivity (Wildman–Crippen MR) is 151 cm³/mol. The lowest BCUT2D eigenvalue weighted by Gasteiger charge is -2.37. The smallest absolute Gasteiger partial charge is 0.308 e. The average Bonchev–Trinajstić information content (AvgIpc) is 3.25. The van der Waals surface area contributed by atoms with Crippen LogP contribution in [-0.2, 0) is 16.0 Å². The summed E-state index contributed by atoms with van der Waals surface area (Å²) in [6.45, 7) is 9.86. The number of benzene rings is 2. The first-order chi connectivity index (χ1) is 18.9. The monoisotopic (exact) mass is 546 g/mol. The van der Waals surface area contributed by atoms with Gasteiger partial charge in [0.25, 0.3) is 0 Å². The van der Waals surface area contributed by atoms with Crippen LogP contribution in [0.4, 0.5) is 0 Å². The topological polar surface area (TPSA) is 103 Å². The maximum Gasteiger partial charge on any atom is 0.308 e. The average molecular weight is 547 g/mol. The summed E-state index contributed by atoms with van der Waals surface area (Å²) >= 11 is 0. The molecule has 40 heavy (non-hydrogen) atoms. The third-order valence-electron chi connectivity index (χ3n) is 8.54. The quantitative estimate of drug-likeness (QED) is 0.275. The van der Waals surface area contributed by atoms with Crippen molar-refractivity contribution in [1.29, 1.82) is 0 Å². The van der Waals surface area contributed by atoms with Gasteiger partial charge in [-0.1, -0.05) is 39.3 Å². The molecule has 7 heteroatoms. The molecule has 0 radical (unpaired) electrons. The molecule has 7 nitrogen and oxygen atoms in total. The summed E-state index contributed by atoms with van der Waals surface area (Å²) in [4.78, 5) is 40.3. The molecule has 4 atom stereocenters. The van der Waals surface area contributed by atoms with Crippen LogP contribution < -0.4 is 4.74 Å². The Bertz CT molecular complexity index is 1490. The van der Waals surface area contributed by atoms with Gasteiger partial charge >= 0.3 is 5.97 Å². The number of methoxy groups -OCH3 is 1. The van der Waals surface area contributed by atoms with Crippen LogP contribution in [-0.4, -0.2) is 41.5 Å². The van der Waals surface area contributed by atoms with E-state index < -0.39 is 11.6 Å². The van der Waals surface area contributed by atoms with Gasteiger partial charge in [-0.05, 0) is 68.2 Å². The van der Waals surface area contributed by atoms with Crippen LogP contribution in [0.2, 0.25) is 0 Å². The molecule has 0 saturated heterocycles. The summed E-state index contributed by atoms with van der Waals surface area (Å²) < 4.78 is 17.4. The summed E-state index contributed by atoms with van der Waals surface area (Å²) in [7, 11) is 1.44. The molecule has 2 aromatic carbocycles. The molecule has 0 aliphatic heterocycles. The second-order valence-corrected chi connectivity index (χ2v) is 12.3. The number of hydrogen-bond acceptors (Lipinski definition) is 7. The molecule has 1 heterocycles. The third-order valence-corrected chi connectivity index (χ3v) is 8.54. The van der Waals surface area contributed by atoms with Crippen molar-refractivity contribution in [2.75, 3.05) is 7.11 Å². The van der Waals surface area contributed by atoms with Gasteiger partial charge in [0, 0.05) is 22.9 Å². The van der Waals surface area contributed by atoms with E-state index >= 15 is 0 Å². The van der Waals surface area contributed by atoms with Gasteiger partial charge < -0.3 is 19.0 Å². The summed E-state index contributed by atoms with van der Waals surface area (Å²) in [5.41, 5.74) is 0.375. The molecule has 3 aromatic rings. The van der Waals surface area contributed by atoms with Crippen LogP contribution in [0, 0.1) is 24.7 Å². The lowest BCUT2D eigenvalue weighted by Crippen LogP contribution is -2.38. The molecular weight excluding hydrogens is 508 g/mol. The van der Waals surface area contributed by atoms with Crippen molar-refractivity contribution in [2.24, 2.45) is 17.8 Å². The number of hydrogen-bond donors (Lipinski definition) is 1. The normalized spacial score (nSPS) is 22.1. The highest BCUT2D eigenvalue weighted by Crippen LogP contribution is 2.40. The molecule has 2 aliphatic rings. The van der Waals surface area contributed by atoms with Crippen LogP contribution in [0.15, 0.2) is 34.7 Å².